The van der Waals surface area contributed by atoms with Crippen molar-refractivity contribution in [1.82, 2.24) is 29.2 Å². The van der Waals surface area contributed by atoms with Gasteiger partial charge in [-0.1, -0.05) is 30.3 Å². The van der Waals surface area contributed by atoms with Gasteiger partial charge in [0.1, 0.15) is 11.6 Å². The summed E-state index contributed by atoms with van der Waals surface area (Å²) in [6, 6.07) is 10.5. The molecular weight excluding hydrogens is 340 g/mol. The zero-order chi connectivity index (χ0) is 18.5. The Balaban J connectivity index is 1.41. The summed E-state index contributed by atoms with van der Waals surface area (Å²) in [6.07, 6.45) is 5.60. The lowest BCUT2D eigenvalue weighted by molar-refractivity contribution is 0.184. The minimum atomic E-state index is 0.702. The molecule has 0 fully saturated rings. The molecule has 142 valence electrons. The lowest BCUT2D eigenvalue weighted by Crippen LogP contribution is -2.28. The first-order valence-electron chi connectivity index (χ1n) is 9.48. The molecule has 7 nitrogen and oxygen atoms in total. The van der Waals surface area contributed by atoms with Crippen LogP contribution in [0.2, 0.25) is 0 Å². The van der Waals surface area contributed by atoms with Crippen molar-refractivity contribution in [2.45, 2.75) is 32.5 Å². The lowest BCUT2D eigenvalue weighted by atomic mass is 10.1. The molecule has 3 aromatic rings. The molecule has 0 radical (unpaired) electrons. The molecule has 0 saturated carbocycles. The summed E-state index contributed by atoms with van der Waals surface area (Å²) in [5, 5.41) is 8.90. The summed E-state index contributed by atoms with van der Waals surface area (Å²) in [7, 11) is 1.73. The van der Waals surface area contributed by atoms with Crippen LogP contribution in [0.3, 0.4) is 0 Å². The SMILES string of the molecule is COCCn1cncc1CN1CCc2nnc(Cc3ccccc3)n2CC1. The van der Waals surface area contributed by atoms with Gasteiger partial charge in [0.05, 0.1) is 18.6 Å². The summed E-state index contributed by atoms with van der Waals surface area (Å²) < 4.78 is 9.67. The van der Waals surface area contributed by atoms with E-state index in [4.69, 9.17) is 4.74 Å². The molecular formula is C20H26N6O. The predicted octanol–water partition coefficient (Wildman–Crippen LogP) is 1.77. The number of ether oxygens (including phenoxy) is 1. The molecule has 0 saturated heterocycles. The van der Waals surface area contributed by atoms with Crippen LogP contribution in [0.4, 0.5) is 0 Å². The molecule has 1 aliphatic heterocycles. The van der Waals surface area contributed by atoms with Crippen molar-refractivity contribution in [3.63, 3.8) is 0 Å². The topological polar surface area (TPSA) is 61.0 Å². The molecule has 7 heteroatoms. The molecule has 2 aromatic heterocycles. The van der Waals surface area contributed by atoms with E-state index >= 15 is 0 Å². The zero-order valence-electron chi connectivity index (χ0n) is 15.8. The average molecular weight is 366 g/mol. The van der Waals surface area contributed by atoms with Crippen LogP contribution in [-0.2, 0) is 37.2 Å². The monoisotopic (exact) mass is 366 g/mol. The maximum absolute atomic E-state index is 5.19. The van der Waals surface area contributed by atoms with Crippen molar-refractivity contribution in [1.29, 1.82) is 0 Å². The third-order valence-corrected chi connectivity index (χ3v) is 5.12. The second-order valence-corrected chi connectivity index (χ2v) is 6.94. The maximum Gasteiger partial charge on any atom is 0.137 e. The van der Waals surface area contributed by atoms with Gasteiger partial charge in [-0.3, -0.25) is 4.90 Å². The fourth-order valence-corrected chi connectivity index (χ4v) is 3.59. The van der Waals surface area contributed by atoms with Gasteiger partial charge in [0.15, 0.2) is 0 Å². The Bertz CT molecular complexity index is 856. The van der Waals surface area contributed by atoms with Crippen LogP contribution < -0.4 is 0 Å². The lowest BCUT2D eigenvalue weighted by Gasteiger charge is -2.20. The van der Waals surface area contributed by atoms with E-state index < -0.39 is 0 Å². The minimum Gasteiger partial charge on any atom is -0.383 e. The van der Waals surface area contributed by atoms with E-state index in [9.17, 15) is 0 Å². The van der Waals surface area contributed by atoms with E-state index in [1.54, 1.807) is 7.11 Å². The standard InChI is InChI=1S/C20H26N6O/c1-27-12-11-25-16-21-14-18(25)15-24-8-7-19-22-23-20(26(19)10-9-24)13-17-5-3-2-4-6-17/h2-6,14,16H,7-13,15H2,1H3. The number of fused-ring (bicyclic) bond motifs is 1. The van der Waals surface area contributed by atoms with E-state index in [2.05, 4.69) is 53.5 Å². The summed E-state index contributed by atoms with van der Waals surface area (Å²) in [5.41, 5.74) is 2.50. The number of aromatic nitrogens is 5. The van der Waals surface area contributed by atoms with E-state index in [1.807, 2.05) is 18.6 Å². The van der Waals surface area contributed by atoms with Gasteiger partial charge < -0.3 is 13.9 Å². The fraction of sp³-hybridized carbons (Fsp3) is 0.450. The van der Waals surface area contributed by atoms with Gasteiger partial charge in [-0.15, -0.1) is 10.2 Å². The number of methoxy groups -OCH3 is 1. The second-order valence-electron chi connectivity index (χ2n) is 6.94. The number of hydrogen-bond donors (Lipinski definition) is 0. The number of imidazole rings is 1. The van der Waals surface area contributed by atoms with Gasteiger partial charge in [-0.2, -0.15) is 0 Å². The quantitative estimate of drug-likeness (QED) is 0.638. The van der Waals surface area contributed by atoms with Crippen LogP contribution in [0.15, 0.2) is 42.9 Å². The Hall–Kier alpha value is -2.51. The Morgan fingerprint density at radius 3 is 2.81 bits per heavy atom. The van der Waals surface area contributed by atoms with Crippen molar-refractivity contribution in [3.05, 3.63) is 65.8 Å². The molecule has 0 N–H and O–H groups in total. The third kappa shape index (κ3) is 4.26. The predicted molar refractivity (Wildman–Crippen MR) is 102 cm³/mol. The Morgan fingerprint density at radius 1 is 1.07 bits per heavy atom. The van der Waals surface area contributed by atoms with E-state index in [1.165, 1.54) is 11.3 Å². The molecule has 0 aliphatic carbocycles. The van der Waals surface area contributed by atoms with Crippen molar-refractivity contribution in [2.24, 2.45) is 0 Å². The fourth-order valence-electron chi connectivity index (χ4n) is 3.59. The summed E-state index contributed by atoms with van der Waals surface area (Å²) in [4.78, 5) is 6.78. The molecule has 0 atom stereocenters. The van der Waals surface area contributed by atoms with E-state index in [0.717, 1.165) is 57.2 Å². The normalized spacial score (nSPS) is 14.9. The van der Waals surface area contributed by atoms with Crippen LogP contribution in [-0.4, -0.2) is 56.0 Å². The number of benzene rings is 1. The Kier molecular flexibility index (Phi) is 5.60. The van der Waals surface area contributed by atoms with Crippen molar-refractivity contribution in [3.8, 4) is 0 Å². The number of nitrogens with zero attached hydrogens (tertiary/aromatic N) is 6. The molecule has 0 amide bonds. The maximum atomic E-state index is 5.19. The molecule has 0 unspecified atom stereocenters. The van der Waals surface area contributed by atoms with Gasteiger partial charge in [0.25, 0.3) is 0 Å². The van der Waals surface area contributed by atoms with Gasteiger partial charge in [-0.25, -0.2) is 4.98 Å². The molecule has 0 bridgehead atoms. The first-order valence-corrected chi connectivity index (χ1v) is 9.48. The van der Waals surface area contributed by atoms with Crippen molar-refractivity contribution in [2.75, 3.05) is 26.8 Å². The highest BCUT2D eigenvalue weighted by atomic mass is 16.5. The van der Waals surface area contributed by atoms with Crippen molar-refractivity contribution < 1.29 is 4.74 Å². The first kappa shape index (κ1) is 17.9. The van der Waals surface area contributed by atoms with E-state index in [-0.39, 0.29) is 0 Å². The summed E-state index contributed by atoms with van der Waals surface area (Å²) in [5.74, 6) is 2.15. The zero-order valence-corrected chi connectivity index (χ0v) is 15.8. The number of hydrogen-bond acceptors (Lipinski definition) is 5. The average Bonchev–Trinajstić information content (AvgIpc) is 3.23. The minimum absolute atomic E-state index is 0.702. The molecule has 3 heterocycles. The molecule has 4 rings (SSSR count). The highest BCUT2D eigenvalue weighted by molar-refractivity contribution is 5.19. The largest absolute Gasteiger partial charge is 0.383 e. The van der Waals surface area contributed by atoms with Crippen LogP contribution >= 0.6 is 0 Å². The van der Waals surface area contributed by atoms with Crippen LogP contribution in [0.1, 0.15) is 22.9 Å². The second kappa shape index (κ2) is 8.45. The van der Waals surface area contributed by atoms with E-state index in [0.29, 0.717) is 6.61 Å². The van der Waals surface area contributed by atoms with Crippen LogP contribution in [0.25, 0.3) is 0 Å². The highest BCUT2D eigenvalue weighted by Gasteiger charge is 2.19. The van der Waals surface area contributed by atoms with Crippen molar-refractivity contribution >= 4 is 0 Å². The molecule has 1 aromatic carbocycles. The smallest absolute Gasteiger partial charge is 0.137 e. The van der Waals surface area contributed by atoms with Gasteiger partial charge in [0.2, 0.25) is 0 Å². The molecule has 1 aliphatic rings. The summed E-state index contributed by atoms with van der Waals surface area (Å²) >= 11 is 0. The third-order valence-electron chi connectivity index (χ3n) is 5.12. The van der Waals surface area contributed by atoms with Crippen LogP contribution in [0.5, 0.6) is 0 Å². The highest BCUT2D eigenvalue weighted by Crippen LogP contribution is 2.15. The van der Waals surface area contributed by atoms with Gasteiger partial charge in [-0.05, 0) is 5.56 Å². The van der Waals surface area contributed by atoms with Gasteiger partial charge >= 0.3 is 0 Å². The Labute approximate surface area is 159 Å². The molecule has 0 spiro atoms. The van der Waals surface area contributed by atoms with Crippen LogP contribution in [0, 0.1) is 0 Å². The molecule has 27 heavy (non-hydrogen) atoms. The Morgan fingerprint density at radius 2 is 1.96 bits per heavy atom. The first-order chi connectivity index (χ1) is 13.3. The van der Waals surface area contributed by atoms with Gasteiger partial charge in [0, 0.05) is 58.9 Å². The number of rotatable bonds is 7. The summed E-state index contributed by atoms with van der Waals surface area (Å²) in [6.45, 7) is 5.34.